The van der Waals surface area contributed by atoms with E-state index in [1.807, 2.05) is 0 Å². The van der Waals surface area contributed by atoms with E-state index in [9.17, 15) is 0 Å². The smallest absolute Gasteiger partial charge is 0.138 e. The predicted octanol–water partition coefficient (Wildman–Crippen LogP) is 7.49. The lowest BCUT2D eigenvalue weighted by Crippen LogP contribution is -2.45. The van der Waals surface area contributed by atoms with Crippen LogP contribution in [0.3, 0.4) is 0 Å². The van der Waals surface area contributed by atoms with Crippen LogP contribution in [-0.4, -0.2) is 48.3 Å². The number of ether oxygens (including phenoxy) is 2. The van der Waals surface area contributed by atoms with Gasteiger partial charge in [0, 0.05) is 23.0 Å². The van der Waals surface area contributed by atoms with Gasteiger partial charge in [0.05, 0.1) is 18.8 Å². The van der Waals surface area contributed by atoms with Crippen molar-refractivity contribution in [3.05, 3.63) is 5.92 Å². The molecular weight excluding hydrogens is 438 g/mol. The summed E-state index contributed by atoms with van der Waals surface area (Å²) in [5.41, 5.74) is 0. The largest absolute Gasteiger partial charge is 0.375 e. The Kier molecular flexibility index (Phi) is 8.61. The highest BCUT2D eigenvalue weighted by Crippen LogP contribution is 2.56. The van der Waals surface area contributed by atoms with E-state index >= 15 is 8.78 Å². The Morgan fingerprint density at radius 3 is 1.97 bits per heavy atom. The summed E-state index contributed by atoms with van der Waals surface area (Å²) in [5, 5.41) is -0.173. The van der Waals surface area contributed by atoms with Gasteiger partial charge in [-0.3, -0.25) is 0 Å². The van der Waals surface area contributed by atoms with Crippen molar-refractivity contribution >= 4 is 11.8 Å². The van der Waals surface area contributed by atoms with Gasteiger partial charge in [-0.2, -0.15) is 0 Å². The van der Waals surface area contributed by atoms with Crippen LogP contribution in [0.2, 0.25) is 0 Å². The molecule has 4 saturated carbocycles. The van der Waals surface area contributed by atoms with E-state index in [0.29, 0.717) is 25.0 Å². The van der Waals surface area contributed by atoms with Crippen LogP contribution in [-0.2, 0) is 9.47 Å². The first-order valence-corrected chi connectivity index (χ1v) is 15.1. The molecule has 5 fully saturated rings. The molecule has 2 nitrogen and oxygen atoms in total. The van der Waals surface area contributed by atoms with Gasteiger partial charge in [-0.25, -0.2) is 8.78 Å². The molecule has 33 heavy (non-hydrogen) atoms. The number of halogens is 2. The molecule has 1 saturated heterocycles. The van der Waals surface area contributed by atoms with E-state index in [1.165, 1.54) is 50.9 Å². The predicted molar refractivity (Wildman–Crippen MR) is 132 cm³/mol. The molecular formula is C28H45F2O2S. The molecule has 5 aliphatic rings. The van der Waals surface area contributed by atoms with Crippen LogP contribution < -0.4 is 0 Å². The zero-order chi connectivity index (χ0) is 22.8. The van der Waals surface area contributed by atoms with Crippen molar-refractivity contribution in [1.82, 2.24) is 0 Å². The van der Waals surface area contributed by atoms with Crippen LogP contribution in [0.1, 0.15) is 96.8 Å². The molecule has 0 amide bonds. The first-order chi connectivity index (χ1) is 16.1. The van der Waals surface area contributed by atoms with Crippen molar-refractivity contribution in [2.24, 2.45) is 23.7 Å². The molecule has 1 aliphatic heterocycles. The van der Waals surface area contributed by atoms with Crippen molar-refractivity contribution in [3.8, 4) is 0 Å². The lowest BCUT2D eigenvalue weighted by atomic mass is 9.71. The molecule has 8 atom stereocenters. The summed E-state index contributed by atoms with van der Waals surface area (Å²) in [6.45, 7) is 3.48. The Labute approximate surface area is 204 Å². The molecule has 189 valence electrons. The monoisotopic (exact) mass is 483 g/mol. The van der Waals surface area contributed by atoms with Crippen LogP contribution in [0.15, 0.2) is 0 Å². The second-order valence-electron chi connectivity index (χ2n) is 11.8. The highest BCUT2D eigenvalue weighted by atomic mass is 32.2. The number of hydrogen-bond acceptors (Lipinski definition) is 3. The van der Waals surface area contributed by atoms with Crippen LogP contribution in [0.5, 0.6) is 0 Å². The summed E-state index contributed by atoms with van der Waals surface area (Å²) in [6, 6.07) is 0. The fraction of sp³-hybridized carbons (Fsp3) is 0.964. The van der Waals surface area contributed by atoms with Crippen molar-refractivity contribution in [2.45, 2.75) is 132 Å². The molecule has 5 heteroatoms. The molecule has 5 rings (SSSR count). The van der Waals surface area contributed by atoms with E-state index in [1.54, 1.807) is 11.8 Å². The van der Waals surface area contributed by atoms with Crippen molar-refractivity contribution in [3.63, 3.8) is 0 Å². The second-order valence-corrected chi connectivity index (χ2v) is 13.1. The lowest BCUT2D eigenvalue weighted by molar-refractivity contribution is -0.0542. The molecule has 0 spiro atoms. The van der Waals surface area contributed by atoms with E-state index in [0.717, 1.165) is 56.8 Å². The van der Waals surface area contributed by atoms with Gasteiger partial charge in [0.2, 0.25) is 0 Å². The average Bonchev–Trinajstić information content (AvgIpc) is 3.56. The van der Waals surface area contributed by atoms with Gasteiger partial charge in [-0.1, -0.05) is 32.6 Å². The number of fused-ring (bicyclic) bond motifs is 3. The maximum absolute atomic E-state index is 15.6. The second kappa shape index (κ2) is 11.5. The van der Waals surface area contributed by atoms with Gasteiger partial charge in [0.1, 0.15) is 12.3 Å². The Morgan fingerprint density at radius 1 is 0.758 bits per heavy atom. The number of thioether (sulfide) groups is 1. The lowest BCUT2D eigenvalue weighted by Gasteiger charge is -2.39. The highest BCUT2D eigenvalue weighted by Gasteiger charge is 2.56. The summed E-state index contributed by atoms with van der Waals surface area (Å²) in [4.78, 5) is 0. The normalized spacial score (nSPS) is 42.3. The van der Waals surface area contributed by atoms with Crippen molar-refractivity contribution < 1.29 is 18.3 Å². The van der Waals surface area contributed by atoms with Gasteiger partial charge in [0.25, 0.3) is 0 Å². The number of rotatable bonds is 10. The maximum Gasteiger partial charge on any atom is 0.138 e. The third-order valence-corrected chi connectivity index (χ3v) is 11.2. The molecule has 0 aromatic rings. The summed E-state index contributed by atoms with van der Waals surface area (Å²) in [5.74, 6) is 4.07. The summed E-state index contributed by atoms with van der Waals surface area (Å²) >= 11 is 1.60. The molecule has 4 aliphatic carbocycles. The molecule has 0 N–H and O–H groups in total. The van der Waals surface area contributed by atoms with E-state index in [4.69, 9.17) is 9.47 Å². The molecule has 1 heterocycles. The molecule has 0 aromatic heterocycles. The number of alkyl halides is 2. The van der Waals surface area contributed by atoms with Gasteiger partial charge < -0.3 is 9.47 Å². The van der Waals surface area contributed by atoms with Crippen molar-refractivity contribution in [1.29, 1.82) is 0 Å². The quantitative estimate of drug-likeness (QED) is 0.300. The Bertz CT molecular complexity index is 609. The topological polar surface area (TPSA) is 18.5 Å². The van der Waals surface area contributed by atoms with E-state index < -0.39 is 12.3 Å². The van der Waals surface area contributed by atoms with Gasteiger partial charge in [0.15, 0.2) is 0 Å². The SMILES string of the molecule is CCCCCOC1CCC2C3CCC(OC[C]4CCC(CC5CC5)CC4)C(F)C3SC2C1F. The average molecular weight is 484 g/mol. The molecule has 8 unspecified atom stereocenters. The van der Waals surface area contributed by atoms with Crippen LogP contribution >= 0.6 is 11.8 Å². The number of hydrogen-bond donors (Lipinski definition) is 0. The zero-order valence-corrected chi connectivity index (χ0v) is 21.4. The standard InChI is InChI=1S/C28H45F2O2S/c1-2-3-4-15-31-23-13-11-21-22-12-14-24(26(30)28(22)33-27(21)25(23)29)32-17-20-9-7-19(8-10-20)16-18-5-6-18/h18-19,21-28H,2-17H2,1H3. The fourth-order valence-corrected chi connectivity index (χ4v) is 9.25. The van der Waals surface area contributed by atoms with Crippen LogP contribution in [0, 0.1) is 29.6 Å². The number of unbranched alkanes of at least 4 members (excludes halogenated alkanes) is 2. The van der Waals surface area contributed by atoms with Gasteiger partial charge in [-0.05, 0) is 87.9 Å². The van der Waals surface area contributed by atoms with Gasteiger partial charge >= 0.3 is 0 Å². The van der Waals surface area contributed by atoms with Gasteiger partial charge in [-0.15, -0.1) is 11.8 Å². The highest BCUT2D eigenvalue weighted by molar-refractivity contribution is 8.00. The summed E-state index contributed by atoms with van der Waals surface area (Å²) < 4.78 is 43.1. The molecule has 0 aromatic carbocycles. The summed E-state index contributed by atoms with van der Waals surface area (Å²) in [6.07, 6.45) is 13.7. The molecule has 1 radical (unpaired) electrons. The maximum atomic E-state index is 15.6. The first-order valence-electron chi connectivity index (χ1n) is 14.1. The van der Waals surface area contributed by atoms with E-state index in [-0.39, 0.29) is 22.7 Å². The fourth-order valence-electron chi connectivity index (χ4n) is 7.16. The minimum absolute atomic E-state index is 0.0851. The van der Waals surface area contributed by atoms with Crippen LogP contribution in [0.4, 0.5) is 8.78 Å². The third kappa shape index (κ3) is 5.93. The third-order valence-electron chi connectivity index (χ3n) is 9.37. The molecule has 0 bridgehead atoms. The first kappa shape index (κ1) is 24.8. The minimum atomic E-state index is -0.956. The Hall–Kier alpha value is 0.130. The summed E-state index contributed by atoms with van der Waals surface area (Å²) in [7, 11) is 0. The van der Waals surface area contributed by atoms with Crippen molar-refractivity contribution in [2.75, 3.05) is 13.2 Å². The van der Waals surface area contributed by atoms with E-state index in [2.05, 4.69) is 6.92 Å². The minimum Gasteiger partial charge on any atom is -0.375 e. The Morgan fingerprint density at radius 2 is 1.36 bits per heavy atom. The van der Waals surface area contributed by atoms with Crippen LogP contribution in [0.25, 0.3) is 0 Å². The Balaban J connectivity index is 1.07. The zero-order valence-electron chi connectivity index (χ0n) is 20.6.